The van der Waals surface area contributed by atoms with E-state index in [4.69, 9.17) is 0 Å². The van der Waals surface area contributed by atoms with E-state index < -0.39 is 0 Å². The predicted octanol–water partition coefficient (Wildman–Crippen LogP) is 1.60. The van der Waals surface area contributed by atoms with Crippen molar-refractivity contribution in [1.82, 2.24) is 0 Å². The van der Waals surface area contributed by atoms with Gasteiger partial charge in [0.2, 0.25) is 0 Å². The first-order valence-electron chi connectivity index (χ1n) is 5.09. The third-order valence-electron chi connectivity index (χ3n) is 1.70. The molecule has 1 fully saturated rings. The highest BCUT2D eigenvalue weighted by atomic mass is 17.2. The Balaban J connectivity index is 0.000000280. The van der Waals surface area contributed by atoms with E-state index in [1.807, 2.05) is 6.92 Å². The van der Waals surface area contributed by atoms with E-state index in [1.165, 1.54) is 7.11 Å². The lowest BCUT2D eigenvalue weighted by Gasteiger charge is -1.96. The molecule has 0 unspecified atom stereocenters. The lowest BCUT2D eigenvalue weighted by Crippen LogP contribution is -2.01. The normalized spacial score (nSPS) is 13.9. The molecule has 88 valence electrons. The molecule has 1 rings (SSSR count). The fourth-order valence-corrected chi connectivity index (χ4v) is 0.930. The monoisotopic (exact) mass is 218 g/mol. The van der Waals surface area contributed by atoms with Crippen LogP contribution >= 0.6 is 0 Å². The number of carbonyl (C=O) groups excluding carboxylic acids is 2. The van der Waals surface area contributed by atoms with Crippen LogP contribution in [0.3, 0.4) is 0 Å². The molecule has 0 aromatic carbocycles. The third-order valence-corrected chi connectivity index (χ3v) is 1.70. The number of ether oxygens (including phenoxy) is 1. The van der Waals surface area contributed by atoms with E-state index in [0.29, 0.717) is 19.4 Å². The summed E-state index contributed by atoms with van der Waals surface area (Å²) < 4.78 is 4.51. The van der Waals surface area contributed by atoms with Gasteiger partial charge in [-0.25, -0.2) is 4.79 Å². The van der Waals surface area contributed by atoms with Crippen LogP contribution in [0.25, 0.3) is 0 Å². The molecule has 0 radical (unpaired) electrons. The van der Waals surface area contributed by atoms with Crippen molar-refractivity contribution in [1.29, 1.82) is 0 Å². The molecule has 0 N–H and O–H groups in total. The molecule has 5 heteroatoms. The summed E-state index contributed by atoms with van der Waals surface area (Å²) in [5, 5.41) is 0. The Morgan fingerprint density at radius 1 is 1.53 bits per heavy atom. The minimum absolute atomic E-state index is 0.0463. The van der Waals surface area contributed by atoms with Crippen LogP contribution in [0.2, 0.25) is 0 Å². The average molecular weight is 218 g/mol. The van der Waals surface area contributed by atoms with E-state index in [9.17, 15) is 9.59 Å². The molecule has 0 atom stereocenters. The maximum absolute atomic E-state index is 10.5. The van der Waals surface area contributed by atoms with E-state index in [0.717, 1.165) is 19.3 Å². The summed E-state index contributed by atoms with van der Waals surface area (Å²) in [5.74, 6) is -0.339. The van der Waals surface area contributed by atoms with Crippen LogP contribution in [-0.2, 0) is 24.1 Å². The molecule has 1 aliphatic rings. The van der Waals surface area contributed by atoms with E-state index >= 15 is 0 Å². The van der Waals surface area contributed by atoms with Gasteiger partial charge >= 0.3 is 11.9 Å². The Morgan fingerprint density at radius 3 is 2.60 bits per heavy atom. The summed E-state index contributed by atoms with van der Waals surface area (Å²) in [4.78, 5) is 28.8. The average Bonchev–Trinajstić information content (AvgIpc) is 2.67. The molecule has 0 bridgehead atoms. The van der Waals surface area contributed by atoms with Crippen LogP contribution in [0.15, 0.2) is 0 Å². The fourth-order valence-electron chi connectivity index (χ4n) is 0.930. The molecule has 0 aromatic rings. The fraction of sp³-hybridized carbons (Fsp3) is 0.800. The molecule has 0 spiro atoms. The minimum atomic E-state index is -0.292. The Morgan fingerprint density at radius 2 is 2.27 bits per heavy atom. The summed E-state index contributed by atoms with van der Waals surface area (Å²) in [6, 6.07) is 0. The molecule has 0 aromatic heterocycles. The van der Waals surface area contributed by atoms with Crippen molar-refractivity contribution in [2.45, 2.75) is 39.0 Å². The van der Waals surface area contributed by atoms with Crippen molar-refractivity contribution in [3.05, 3.63) is 0 Å². The van der Waals surface area contributed by atoms with E-state index in [-0.39, 0.29) is 11.9 Å². The summed E-state index contributed by atoms with van der Waals surface area (Å²) in [5.41, 5.74) is 0. The van der Waals surface area contributed by atoms with Gasteiger partial charge in [-0.15, -0.1) is 0 Å². The smallest absolute Gasteiger partial charge is 0.342 e. The standard InChI is InChI=1S/C6H12O3.C4H6O2/c1-3-4-5-6(7)9-8-2;5-4-2-1-3-6-4/h3-5H2,1-2H3;1-3H2. The van der Waals surface area contributed by atoms with Crippen molar-refractivity contribution >= 4 is 11.9 Å². The topological polar surface area (TPSA) is 61.8 Å². The van der Waals surface area contributed by atoms with Crippen molar-refractivity contribution in [3.8, 4) is 0 Å². The van der Waals surface area contributed by atoms with Crippen molar-refractivity contribution in [2.75, 3.05) is 13.7 Å². The zero-order valence-corrected chi connectivity index (χ0v) is 9.28. The van der Waals surface area contributed by atoms with Crippen LogP contribution in [0.1, 0.15) is 39.0 Å². The van der Waals surface area contributed by atoms with Gasteiger partial charge in [-0.1, -0.05) is 13.3 Å². The molecule has 1 aliphatic heterocycles. The zero-order chi connectivity index (χ0) is 11.5. The first-order chi connectivity index (χ1) is 7.20. The second-order valence-corrected chi connectivity index (χ2v) is 3.05. The van der Waals surface area contributed by atoms with Gasteiger partial charge in [-0.05, 0) is 12.8 Å². The third kappa shape index (κ3) is 9.21. The van der Waals surface area contributed by atoms with Crippen LogP contribution in [0.4, 0.5) is 0 Å². The minimum Gasteiger partial charge on any atom is -0.466 e. The summed E-state index contributed by atoms with van der Waals surface area (Å²) in [7, 11) is 1.32. The highest BCUT2D eigenvalue weighted by Crippen LogP contribution is 2.01. The number of cyclic esters (lactones) is 1. The second kappa shape index (κ2) is 9.45. The predicted molar refractivity (Wildman–Crippen MR) is 52.8 cm³/mol. The molecule has 5 nitrogen and oxygen atoms in total. The van der Waals surface area contributed by atoms with E-state index in [2.05, 4.69) is 14.5 Å². The first-order valence-corrected chi connectivity index (χ1v) is 5.09. The van der Waals surface area contributed by atoms with Crippen LogP contribution in [0.5, 0.6) is 0 Å². The molecule has 0 saturated carbocycles. The summed E-state index contributed by atoms with van der Waals surface area (Å²) >= 11 is 0. The molecule has 1 saturated heterocycles. The summed E-state index contributed by atoms with van der Waals surface area (Å²) in [6.07, 6.45) is 3.85. The van der Waals surface area contributed by atoms with Crippen molar-refractivity contribution in [2.24, 2.45) is 0 Å². The molecular formula is C10H18O5. The van der Waals surface area contributed by atoms with Gasteiger partial charge in [-0.2, -0.15) is 4.89 Å². The quantitative estimate of drug-likeness (QED) is 0.407. The van der Waals surface area contributed by atoms with Gasteiger partial charge in [0.05, 0.1) is 13.7 Å². The van der Waals surface area contributed by atoms with Gasteiger partial charge in [0, 0.05) is 12.8 Å². The number of hydrogen-bond acceptors (Lipinski definition) is 5. The lowest BCUT2D eigenvalue weighted by atomic mass is 10.3. The Hall–Kier alpha value is -1.10. The molecule has 1 heterocycles. The van der Waals surface area contributed by atoms with Gasteiger partial charge < -0.3 is 4.74 Å². The van der Waals surface area contributed by atoms with E-state index in [1.54, 1.807) is 0 Å². The highest BCUT2D eigenvalue weighted by molar-refractivity contribution is 5.70. The highest BCUT2D eigenvalue weighted by Gasteiger charge is 2.08. The Labute approximate surface area is 89.6 Å². The number of carbonyl (C=O) groups is 2. The lowest BCUT2D eigenvalue weighted by molar-refractivity contribution is -0.255. The second-order valence-electron chi connectivity index (χ2n) is 3.05. The van der Waals surface area contributed by atoms with Crippen molar-refractivity contribution < 1.29 is 24.1 Å². The van der Waals surface area contributed by atoms with Crippen LogP contribution in [-0.4, -0.2) is 25.7 Å². The summed E-state index contributed by atoms with van der Waals surface area (Å²) in [6.45, 7) is 2.65. The van der Waals surface area contributed by atoms with Gasteiger partial charge in [0.15, 0.2) is 0 Å². The Bertz CT molecular complexity index is 182. The first kappa shape index (κ1) is 13.9. The number of esters is 1. The van der Waals surface area contributed by atoms with Gasteiger partial charge in [0.1, 0.15) is 0 Å². The zero-order valence-electron chi connectivity index (χ0n) is 9.28. The number of rotatable bonds is 4. The maximum Gasteiger partial charge on any atom is 0.342 e. The van der Waals surface area contributed by atoms with Crippen LogP contribution in [0, 0.1) is 0 Å². The molecule has 0 amide bonds. The number of unbranched alkanes of at least 4 members (excludes halogenated alkanes) is 1. The molecule has 0 aliphatic carbocycles. The van der Waals surface area contributed by atoms with Crippen LogP contribution < -0.4 is 0 Å². The molecular weight excluding hydrogens is 200 g/mol. The van der Waals surface area contributed by atoms with Gasteiger partial charge in [-0.3, -0.25) is 9.68 Å². The molecule has 15 heavy (non-hydrogen) atoms. The maximum atomic E-state index is 10.5. The Kier molecular flexibility index (Phi) is 8.76. The van der Waals surface area contributed by atoms with Gasteiger partial charge in [0.25, 0.3) is 0 Å². The number of hydrogen-bond donors (Lipinski definition) is 0. The van der Waals surface area contributed by atoms with Crippen molar-refractivity contribution in [3.63, 3.8) is 0 Å². The SMILES string of the molecule is CCCCC(=O)OOC.O=C1CCCO1. The largest absolute Gasteiger partial charge is 0.466 e.